The Hall–Kier alpha value is -0.200. The average Bonchev–Trinajstić information content (AvgIpc) is 1.64. The van der Waals surface area contributed by atoms with Crippen molar-refractivity contribution in [2.24, 2.45) is 0 Å². The number of hydrogen-bond acceptors (Lipinski definition) is 4. The lowest BCUT2D eigenvalue weighted by Crippen LogP contribution is -2.39. The number of hydroxylamine groups is 1. The molecule has 0 saturated carbocycles. The highest BCUT2D eigenvalue weighted by Crippen LogP contribution is 1.91. The lowest BCUT2D eigenvalue weighted by molar-refractivity contribution is -0.0714. The molecule has 0 rings (SSSR count). The Morgan fingerprint density at radius 1 is 1.25 bits per heavy atom. The van der Waals surface area contributed by atoms with E-state index in [-0.39, 0.29) is 0 Å². The Kier molecular flexibility index (Phi) is 2.88. The third-order valence-electron chi connectivity index (χ3n) is 0.646. The molecular formula is C3H10N4O-2. The van der Waals surface area contributed by atoms with Crippen LogP contribution in [0.4, 0.5) is 0 Å². The van der Waals surface area contributed by atoms with Gasteiger partial charge in [-0.05, 0) is 7.05 Å². The molecule has 0 unspecified atom stereocenters. The van der Waals surface area contributed by atoms with Crippen LogP contribution in [0.15, 0.2) is 0 Å². The molecule has 0 fully saturated rings. The number of rotatable bonds is 2. The summed E-state index contributed by atoms with van der Waals surface area (Å²) >= 11 is 0. The van der Waals surface area contributed by atoms with Crippen LogP contribution in [0.25, 0.3) is 5.84 Å². The van der Waals surface area contributed by atoms with Crippen LogP contribution in [-0.4, -0.2) is 36.6 Å². The van der Waals surface area contributed by atoms with E-state index in [1.165, 1.54) is 12.1 Å². The third kappa shape index (κ3) is 2.20. The predicted molar refractivity (Wildman–Crippen MR) is 31.0 cm³/mol. The molecule has 0 amide bonds. The van der Waals surface area contributed by atoms with E-state index in [1.54, 1.807) is 14.1 Å². The molecule has 5 nitrogen and oxygen atoms in total. The molecular weight excluding hydrogens is 108 g/mol. The van der Waals surface area contributed by atoms with Gasteiger partial charge in [-0.25, -0.2) is 0 Å². The Morgan fingerprint density at radius 3 is 1.62 bits per heavy atom. The molecule has 0 aliphatic carbocycles. The Labute approximate surface area is 48.7 Å². The quantitative estimate of drug-likeness (QED) is 0.482. The summed E-state index contributed by atoms with van der Waals surface area (Å²) in [6.45, 7) is 0. The molecule has 0 aromatic heterocycles. The van der Waals surface area contributed by atoms with Crippen molar-refractivity contribution >= 4 is 0 Å². The number of nitrogens with one attached hydrogen (secondary N) is 1. The van der Waals surface area contributed by atoms with Crippen LogP contribution in [0.1, 0.15) is 0 Å². The van der Waals surface area contributed by atoms with Crippen molar-refractivity contribution < 1.29 is 0 Å². The lowest BCUT2D eigenvalue weighted by Gasteiger charge is -2.45. The highest BCUT2D eigenvalue weighted by molar-refractivity contribution is 4.44. The van der Waals surface area contributed by atoms with Crippen LogP contribution in [0, 0.1) is 5.21 Å². The van der Waals surface area contributed by atoms with Crippen molar-refractivity contribution in [1.82, 2.24) is 15.4 Å². The minimum Gasteiger partial charge on any atom is -0.772 e. The van der Waals surface area contributed by atoms with Crippen molar-refractivity contribution in [3.63, 3.8) is 0 Å². The topological polar surface area (TPSA) is 56.6 Å². The molecule has 50 valence electrons. The summed E-state index contributed by atoms with van der Waals surface area (Å²) in [5, 5.41) is 12.7. The summed E-state index contributed by atoms with van der Waals surface area (Å²) in [6.07, 6.45) is 0. The Balaban J connectivity index is 3.46. The van der Waals surface area contributed by atoms with Crippen LogP contribution in [0.5, 0.6) is 0 Å². The molecule has 0 aliphatic heterocycles. The van der Waals surface area contributed by atoms with Crippen LogP contribution in [0.3, 0.4) is 0 Å². The second kappa shape index (κ2) is 2.95. The van der Waals surface area contributed by atoms with Gasteiger partial charge in [0.15, 0.2) is 0 Å². The molecule has 0 spiro atoms. The zero-order valence-electron chi connectivity index (χ0n) is 5.25. The summed E-state index contributed by atoms with van der Waals surface area (Å²) in [5.41, 5.74) is 0. The molecule has 0 atom stereocenters. The standard InChI is InChI=1S/C3H10N4O/c1-5(2)7(4)6(3)8/h4H,1-3H3/q-2. The van der Waals surface area contributed by atoms with E-state index < -0.39 is 0 Å². The third-order valence-corrected chi connectivity index (χ3v) is 0.646. The lowest BCUT2D eigenvalue weighted by atomic mass is 11.1. The molecule has 5 heteroatoms. The van der Waals surface area contributed by atoms with E-state index in [4.69, 9.17) is 5.84 Å². The molecule has 0 aliphatic rings. The van der Waals surface area contributed by atoms with Crippen LogP contribution >= 0.6 is 0 Å². The first kappa shape index (κ1) is 7.80. The molecule has 1 N–H and O–H groups in total. The maximum Gasteiger partial charge on any atom is 0.00123 e. The largest absolute Gasteiger partial charge is 0.772 e. The maximum atomic E-state index is 10.2. The van der Waals surface area contributed by atoms with Crippen LogP contribution in [0.2, 0.25) is 0 Å². The molecule has 0 bridgehead atoms. The SMILES string of the molecule is CN(C)N([NH-])N(C)[O-]. The zero-order chi connectivity index (χ0) is 6.73. The van der Waals surface area contributed by atoms with Gasteiger partial charge < -0.3 is 16.2 Å². The maximum absolute atomic E-state index is 10.2. The van der Waals surface area contributed by atoms with Crippen molar-refractivity contribution in [3.05, 3.63) is 11.0 Å². The Bertz CT molecular complexity index is 56.3. The van der Waals surface area contributed by atoms with Gasteiger partial charge in [0.1, 0.15) is 0 Å². The van der Waals surface area contributed by atoms with Gasteiger partial charge in [-0.1, -0.05) is 0 Å². The van der Waals surface area contributed by atoms with Gasteiger partial charge in [0.25, 0.3) is 0 Å². The van der Waals surface area contributed by atoms with Gasteiger partial charge in [-0.2, -0.15) is 0 Å². The number of hydrazine groups is 2. The minimum absolute atomic E-state index is 0.417. The van der Waals surface area contributed by atoms with Crippen molar-refractivity contribution in [3.8, 4) is 0 Å². The van der Waals surface area contributed by atoms with Gasteiger partial charge in [0.05, 0.1) is 0 Å². The van der Waals surface area contributed by atoms with Gasteiger partial charge in [0.2, 0.25) is 0 Å². The number of hydrogen-bond donors (Lipinski definition) is 0. The molecule has 0 aromatic rings. The van der Waals surface area contributed by atoms with Crippen molar-refractivity contribution in [2.45, 2.75) is 0 Å². The summed E-state index contributed by atoms with van der Waals surface area (Å²) in [6, 6.07) is 0. The van der Waals surface area contributed by atoms with E-state index in [1.807, 2.05) is 0 Å². The summed E-state index contributed by atoms with van der Waals surface area (Å²) in [5.74, 6) is 6.85. The van der Waals surface area contributed by atoms with Gasteiger partial charge in [-0.3, -0.25) is 10.2 Å². The summed E-state index contributed by atoms with van der Waals surface area (Å²) < 4.78 is 0. The average molecular weight is 118 g/mol. The fourth-order valence-electron chi connectivity index (χ4n) is 0.252. The zero-order valence-corrected chi connectivity index (χ0v) is 5.25. The first-order valence-electron chi connectivity index (χ1n) is 2.15. The predicted octanol–water partition coefficient (Wildman–Crippen LogP) is 0.0768. The van der Waals surface area contributed by atoms with E-state index in [0.29, 0.717) is 10.4 Å². The number of nitrogens with zero attached hydrogens (tertiary/aromatic N) is 3. The highest BCUT2D eigenvalue weighted by atomic mass is 16.6. The van der Waals surface area contributed by atoms with Crippen molar-refractivity contribution in [2.75, 3.05) is 21.1 Å². The van der Waals surface area contributed by atoms with Gasteiger partial charge in [0, 0.05) is 14.1 Å². The highest BCUT2D eigenvalue weighted by Gasteiger charge is 1.87. The molecule has 8 heavy (non-hydrogen) atoms. The summed E-state index contributed by atoms with van der Waals surface area (Å²) in [7, 11) is 4.48. The van der Waals surface area contributed by atoms with Crippen molar-refractivity contribution in [1.29, 1.82) is 0 Å². The van der Waals surface area contributed by atoms with Gasteiger partial charge in [-0.15, -0.1) is 0 Å². The van der Waals surface area contributed by atoms with E-state index in [0.717, 1.165) is 0 Å². The van der Waals surface area contributed by atoms with Crippen LogP contribution in [-0.2, 0) is 0 Å². The van der Waals surface area contributed by atoms with E-state index in [9.17, 15) is 5.21 Å². The fraction of sp³-hybridized carbons (Fsp3) is 1.00. The van der Waals surface area contributed by atoms with E-state index >= 15 is 0 Å². The molecule has 0 saturated heterocycles. The monoisotopic (exact) mass is 118 g/mol. The van der Waals surface area contributed by atoms with Crippen LogP contribution < -0.4 is 0 Å². The second-order valence-corrected chi connectivity index (χ2v) is 1.60. The summed E-state index contributed by atoms with van der Waals surface area (Å²) in [4.78, 5) is 0. The second-order valence-electron chi connectivity index (χ2n) is 1.60. The van der Waals surface area contributed by atoms with E-state index in [2.05, 4.69) is 0 Å². The first-order valence-corrected chi connectivity index (χ1v) is 2.15. The molecule has 0 radical (unpaired) electrons. The molecule has 0 heterocycles. The first-order chi connectivity index (χ1) is 3.55. The smallest absolute Gasteiger partial charge is 0.00123 e. The normalized spacial score (nSPS) is 12.0. The van der Waals surface area contributed by atoms with Gasteiger partial charge >= 0.3 is 0 Å². The Morgan fingerprint density at radius 2 is 1.62 bits per heavy atom. The minimum atomic E-state index is 0.417. The fourth-order valence-corrected chi connectivity index (χ4v) is 0.252. The molecule has 0 aromatic carbocycles.